The molecule has 20 heavy (non-hydrogen) atoms. The molecule has 0 atom stereocenters. The molecule has 0 saturated heterocycles. The highest BCUT2D eigenvalue weighted by molar-refractivity contribution is 9.10. The molecule has 1 heterocycles. The Kier molecular flexibility index (Phi) is 4.39. The van der Waals surface area contributed by atoms with Gasteiger partial charge in [0.2, 0.25) is 0 Å². The Morgan fingerprint density at radius 1 is 1.55 bits per heavy atom. The van der Waals surface area contributed by atoms with E-state index in [0.29, 0.717) is 22.4 Å². The molecule has 0 unspecified atom stereocenters. The molecule has 8 heteroatoms. The molecule has 0 fully saturated rings. The van der Waals surface area contributed by atoms with Gasteiger partial charge in [-0.3, -0.25) is 0 Å². The van der Waals surface area contributed by atoms with Gasteiger partial charge >= 0.3 is 5.97 Å². The van der Waals surface area contributed by atoms with E-state index in [4.69, 9.17) is 16.7 Å². The number of hydrogen-bond acceptors (Lipinski definition) is 3. The SMILES string of the molecule is CCCc1nc(C(=O)O)nn1-c1c(Cl)cc(F)cc1Br. The van der Waals surface area contributed by atoms with Gasteiger partial charge in [0.15, 0.2) is 0 Å². The second kappa shape index (κ2) is 5.88. The molecule has 5 nitrogen and oxygen atoms in total. The van der Waals surface area contributed by atoms with Crippen LogP contribution in [0.2, 0.25) is 5.02 Å². The van der Waals surface area contributed by atoms with Crippen LogP contribution in [0.5, 0.6) is 0 Å². The molecular weight excluding hydrogens is 353 g/mol. The van der Waals surface area contributed by atoms with E-state index in [1.807, 2.05) is 6.92 Å². The molecule has 1 N–H and O–H groups in total. The second-order valence-corrected chi connectivity index (χ2v) is 5.30. The van der Waals surface area contributed by atoms with E-state index in [9.17, 15) is 9.18 Å². The van der Waals surface area contributed by atoms with Gasteiger partial charge < -0.3 is 5.11 Å². The minimum atomic E-state index is -1.23. The van der Waals surface area contributed by atoms with Crippen LogP contribution in [-0.4, -0.2) is 25.8 Å². The lowest BCUT2D eigenvalue weighted by atomic mass is 10.3. The molecule has 2 aromatic rings. The van der Waals surface area contributed by atoms with Crippen molar-refractivity contribution in [3.05, 3.63) is 39.1 Å². The van der Waals surface area contributed by atoms with Crippen LogP contribution in [0.4, 0.5) is 4.39 Å². The van der Waals surface area contributed by atoms with E-state index in [1.165, 1.54) is 10.7 Å². The predicted octanol–water partition coefficient (Wildman–Crippen LogP) is 3.47. The molecule has 0 amide bonds. The van der Waals surface area contributed by atoms with Crippen molar-refractivity contribution in [1.82, 2.24) is 14.8 Å². The van der Waals surface area contributed by atoms with Crippen LogP contribution < -0.4 is 0 Å². The number of carboxylic acids is 1. The monoisotopic (exact) mass is 361 g/mol. The Bertz CT molecular complexity index is 652. The number of nitrogens with zero attached hydrogens (tertiary/aromatic N) is 3. The topological polar surface area (TPSA) is 68.0 Å². The molecule has 0 radical (unpaired) electrons. The minimum Gasteiger partial charge on any atom is -0.475 e. The number of aromatic carboxylic acids is 1. The lowest BCUT2D eigenvalue weighted by Gasteiger charge is -2.09. The first kappa shape index (κ1) is 14.9. The van der Waals surface area contributed by atoms with E-state index in [-0.39, 0.29) is 10.8 Å². The average Bonchev–Trinajstić information content (AvgIpc) is 2.72. The van der Waals surface area contributed by atoms with E-state index in [2.05, 4.69) is 26.0 Å². The van der Waals surface area contributed by atoms with Crippen LogP contribution in [0.25, 0.3) is 5.69 Å². The first-order valence-electron chi connectivity index (χ1n) is 5.78. The van der Waals surface area contributed by atoms with Gasteiger partial charge in [-0.15, -0.1) is 5.10 Å². The maximum Gasteiger partial charge on any atom is 0.375 e. The summed E-state index contributed by atoms with van der Waals surface area (Å²) in [5.41, 5.74) is 0.372. The quantitative estimate of drug-likeness (QED) is 0.904. The van der Waals surface area contributed by atoms with Crippen LogP contribution in [0.1, 0.15) is 29.8 Å². The summed E-state index contributed by atoms with van der Waals surface area (Å²) < 4.78 is 15.0. The maximum absolute atomic E-state index is 13.3. The van der Waals surface area contributed by atoms with Gasteiger partial charge in [-0.25, -0.2) is 18.9 Å². The fourth-order valence-electron chi connectivity index (χ4n) is 1.74. The number of carboxylic acid groups (broad SMARTS) is 1. The minimum absolute atomic E-state index is 0.121. The first-order chi connectivity index (χ1) is 9.43. The highest BCUT2D eigenvalue weighted by atomic mass is 79.9. The lowest BCUT2D eigenvalue weighted by molar-refractivity contribution is 0.0683. The van der Waals surface area contributed by atoms with E-state index >= 15 is 0 Å². The number of rotatable bonds is 4. The molecule has 0 saturated carbocycles. The number of aryl methyl sites for hydroxylation is 1. The van der Waals surface area contributed by atoms with Crippen molar-refractivity contribution in [2.24, 2.45) is 0 Å². The summed E-state index contributed by atoms with van der Waals surface area (Å²) >= 11 is 9.23. The Balaban J connectivity index is 2.65. The third-order valence-corrected chi connectivity index (χ3v) is 3.43. The number of hydrogen-bond donors (Lipinski definition) is 1. The van der Waals surface area contributed by atoms with Gasteiger partial charge in [0.25, 0.3) is 5.82 Å². The number of benzene rings is 1. The molecule has 0 aliphatic carbocycles. The molecule has 0 spiro atoms. The predicted molar refractivity (Wildman–Crippen MR) is 75.0 cm³/mol. The normalized spacial score (nSPS) is 10.8. The molecule has 0 bridgehead atoms. The zero-order valence-corrected chi connectivity index (χ0v) is 12.7. The summed E-state index contributed by atoms with van der Waals surface area (Å²) in [6, 6.07) is 2.37. The Hall–Kier alpha value is -1.47. The highest BCUT2D eigenvalue weighted by Gasteiger charge is 2.20. The van der Waals surface area contributed by atoms with Crippen LogP contribution >= 0.6 is 27.5 Å². The van der Waals surface area contributed by atoms with E-state index < -0.39 is 11.8 Å². The number of aromatic nitrogens is 3. The molecular formula is C12H10BrClFN3O2. The van der Waals surface area contributed by atoms with Crippen LogP contribution in [0, 0.1) is 5.82 Å². The largest absolute Gasteiger partial charge is 0.475 e. The van der Waals surface area contributed by atoms with Crippen molar-refractivity contribution in [1.29, 1.82) is 0 Å². The van der Waals surface area contributed by atoms with Crippen LogP contribution in [0.15, 0.2) is 16.6 Å². The number of halogens is 3. The van der Waals surface area contributed by atoms with Gasteiger partial charge in [0.1, 0.15) is 11.6 Å². The Morgan fingerprint density at radius 2 is 2.25 bits per heavy atom. The summed E-state index contributed by atoms with van der Waals surface area (Å²) in [6.07, 6.45) is 1.29. The van der Waals surface area contributed by atoms with Crippen molar-refractivity contribution in [3.63, 3.8) is 0 Å². The molecule has 2 rings (SSSR count). The van der Waals surface area contributed by atoms with Gasteiger partial charge in [-0.1, -0.05) is 18.5 Å². The third-order valence-electron chi connectivity index (χ3n) is 2.53. The summed E-state index contributed by atoms with van der Waals surface area (Å²) in [5, 5.41) is 13.0. The average molecular weight is 363 g/mol. The van der Waals surface area contributed by atoms with E-state index in [0.717, 1.165) is 12.5 Å². The molecule has 0 aliphatic rings. The second-order valence-electron chi connectivity index (χ2n) is 4.04. The summed E-state index contributed by atoms with van der Waals surface area (Å²) in [5.74, 6) is -1.59. The third kappa shape index (κ3) is 2.83. The molecule has 106 valence electrons. The summed E-state index contributed by atoms with van der Waals surface area (Å²) in [4.78, 5) is 14.9. The van der Waals surface area contributed by atoms with Gasteiger partial charge in [0, 0.05) is 10.9 Å². The van der Waals surface area contributed by atoms with Crippen molar-refractivity contribution < 1.29 is 14.3 Å². The maximum atomic E-state index is 13.3. The molecule has 1 aromatic heterocycles. The van der Waals surface area contributed by atoms with Crippen LogP contribution in [-0.2, 0) is 6.42 Å². The van der Waals surface area contributed by atoms with Crippen molar-refractivity contribution >= 4 is 33.5 Å². The Labute approximate surface area is 127 Å². The highest BCUT2D eigenvalue weighted by Crippen LogP contribution is 2.30. The standard InChI is InChI=1S/C12H10BrClFN3O2/c1-2-3-9-16-11(12(19)20)17-18(9)10-7(13)4-6(15)5-8(10)14/h4-5H,2-3H2,1H3,(H,19,20). The van der Waals surface area contributed by atoms with Gasteiger partial charge in [0.05, 0.1) is 10.7 Å². The van der Waals surface area contributed by atoms with Gasteiger partial charge in [-0.2, -0.15) is 0 Å². The summed E-state index contributed by atoms with van der Waals surface area (Å²) in [7, 11) is 0. The van der Waals surface area contributed by atoms with Crippen LogP contribution in [0.3, 0.4) is 0 Å². The molecule has 0 aliphatic heterocycles. The van der Waals surface area contributed by atoms with E-state index in [1.54, 1.807) is 0 Å². The zero-order valence-electron chi connectivity index (χ0n) is 10.4. The first-order valence-corrected chi connectivity index (χ1v) is 6.95. The van der Waals surface area contributed by atoms with Gasteiger partial charge in [-0.05, 0) is 34.5 Å². The number of carbonyl (C=O) groups is 1. The van der Waals surface area contributed by atoms with Crippen molar-refractivity contribution in [2.45, 2.75) is 19.8 Å². The van der Waals surface area contributed by atoms with Crippen molar-refractivity contribution in [3.8, 4) is 5.69 Å². The zero-order chi connectivity index (χ0) is 14.9. The fraction of sp³-hybridized carbons (Fsp3) is 0.250. The molecule has 1 aromatic carbocycles. The summed E-state index contributed by atoms with van der Waals surface area (Å²) in [6.45, 7) is 1.93. The lowest BCUT2D eigenvalue weighted by Crippen LogP contribution is -2.06. The van der Waals surface area contributed by atoms with Crippen molar-refractivity contribution in [2.75, 3.05) is 0 Å². The smallest absolute Gasteiger partial charge is 0.375 e. The fourth-order valence-corrected chi connectivity index (χ4v) is 2.74. The Morgan fingerprint density at radius 3 is 2.80 bits per heavy atom.